The molecule has 0 radical (unpaired) electrons. The van der Waals surface area contributed by atoms with Gasteiger partial charge in [0.25, 0.3) is 0 Å². The van der Waals surface area contributed by atoms with Crippen LogP contribution in [0, 0.1) is 13.8 Å². The summed E-state index contributed by atoms with van der Waals surface area (Å²) in [4.78, 5) is 23.3. The van der Waals surface area contributed by atoms with Crippen molar-refractivity contribution < 1.29 is 19.6 Å². The fraction of sp³-hybridized carbons (Fsp3) is 0.300. The van der Waals surface area contributed by atoms with Crippen LogP contribution in [0.25, 0.3) is 0 Å². The van der Waals surface area contributed by atoms with Crippen LogP contribution in [-0.4, -0.2) is 34.9 Å². The Hall–Kier alpha value is -2.64. The van der Waals surface area contributed by atoms with Crippen molar-refractivity contribution in [3.05, 3.63) is 64.7 Å². The molecule has 142 valence electrons. The highest BCUT2D eigenvalue weighted by atomic mass is 16.4. The maximum absolute atomic E-state index is 12.3. The van der Waals surface area contributed by atoms with E-state index in [1.807, 2.05) is 32.0 Å². The van der Waals surface area contributed by atoms with Gasteiger partial charge in [0.2, 0.25) is 11.8 Å². The molecule has 0 spiro atoms. The lowest BCUT2D eigenvalue weighted by molar-refractivity contribution is -0.120. The predicted molar refractivity (Wildman–Crippen MR) is 106 cm³/mol. The second-order valence-corrected chi connectivity index (χ2v) is 6.78. The molecule has 1 unspecified atom stereocenters. The van der Waals surface area contributed by atoms with Crippen molar-refractivity contribution in [1.82, 2.24) is 5.32 Å². The highest BCUT2D eigenvalue weighted by Crippen LogP contribution is 2.14. The topological polar surface area (TPSA) is 98.7 Å². The first kappa shape index (κ1) is 20.7. The van der Waals surface area contributed by atoms with Gasteiger partial charge in [-0.25, -0.2) is 0 Å². The number of rotatable bonds is 7. The molecule has 2 amide bonds. The van der Waals surface area contributed by atoms with E-state index in [-0.39, 0.29) is 18.2 Å². The molecule has 2 aromatic carbocycles. The molecule has 0 fully saturated rings. The van der Waals surface area contributed by atoms with E-state index in [1.54, 1.807) is 24.3 Å². The molecular weight excluding hydrogens is 343 g/mol. The Morgan fingerprint density at radius 2 is 1.74 bits per heavy atom. The Morgan fingerprint density at radius 3 is 2.30 bits per heavy atom. The number of anilines is 1. The fourth-order valence-corrected chi connectivity index (χ4v) is 2.90. The summed E-state index contributed by atoms with van der Waals surface area (Å²) in [6.07, 6.45) is 0.438. The minimum absolute atomic E-state index is 0.108. The lowest BCUT2D eigenvalue weighted by atomic mass is 9.75. The summed E-state index contributed by atoms with van der Waals surface area (Å²) in [6, 6.07) is 12.9. The first-order chi connectivity index (χ1) is 12.7. The third-order valence-electron chi connectivity index (χ3n) is 4.28. The third-order valence-corrected chi connectivity index (χ3v) is 4.28. The minimum Gasteiger partial charge on any atom is -0.426 e. The normalized spacial score (nSPS) is 11.6. The zero-order chi connectivity index (χ0) is 20.0. The highest BCUT2D eigenvalue weighted by molar-refractivity contribution is 6.43. The minimum atomic E-state index is -1.66. The number of benzene rings is 2. The Balaban J connectivity index is 1.99. The highest BCUT2D eigenvalue weighted by Gasteiger charge is 2.26. The molecule has 27 heavy (non-hydrogen) atoms. The van der Waals surface area contributed by atoms with Crippen LogP contribution < -0.4 is 10.6 Å². The van der Waals surface area contributed by atoms with Crippen LogP contribution in [0.5, 0.6) is 0 Å². The van der Waals surface area contributed by atoms with Gasteiger partial charge in [-0.3, -0.25) is 9.59 Å². The van der Waals surface area contributed by atoms with Crippen LogP contribution >= 0.6 is 0 Å². The maximum atomic E-state index is 12.3. The molecule has 0 saturated heterocycles. The number of aryl methyl sites for hydroxylation is 2. The quantitative estimate of drug-likeness (QED) is 0.558. The molecule has 1 atom stereocenters. The molecule has 2 rings (SSSR count). The number of hydrogen-bond donors (Lipinski definition) is 4. The molecule has 0 aliphatic rings. The average Bonchev–Trinajstić information content (AvgIpc) is 2.57. The first-order valence-electron chi connectivity index (χ1n) is 8.82. The van der Waals surface area contributed by atoms with E-state index in [4.69, 9.17) is 0 Å². The van der Waals surface area contributed by atoms with Crippen molar-refractivity contribution in [3.63, 3.8) is 0 Å². The van der Waals surface area contributed by atoms with Gasteiger partial charge in [-0.15, -0.1) is 0 Å². The average molecular weight is 368 g/mol. The Bertz CT molecular complexity index is 806. The van der Waals surface area contributed by atoms with Gasteiger partial charge in [0.05, 0.1) is 12.4 Å². The summed E-state index contributed by atoms with van der Waals surface area (Å²) in [6.45, 7) is 5.38. The standard InChI is InChI=1S/C20H25BN2O4/c1-13-4-7-17(14(2)10-13)12-19(21(26)27)23-20(25)11-16-5-8-18(9-6-16)22-15(3)24/h4-10,19,26-27H,11-12H2,1-3H3,(H,22,24)(H,23,25). The van der Waals surface area contributed by atoms with Gasteiger partial charge >= 0.3 is 7.12 Å². The van der Waals surface area contributed by atoms with Crippen LogP contribution in [-0.2, 0) is 22.4 Å². The monoisotopic (exact) mass is 368 g/mol. The lowest BCUT2D eigenvalue weighted by Gasteiger charge is -2.19. The second-order valence-electron chi connectivity index (χ2n) is 6.78. The van der Waals surface area contributed by atoms with Crippen LogP contribution in [0.4, 0.5) is 5.69 Å². The molecule has 4 N–H and O–H groups in total. The molecule has 2 aromatic rings. The summed E-state index contributed by atoms with van der Waals surface area (Å²) in [7, 11) is -1.66. The van der Waals surface area contributed by atoms with Gasteiger partial charge in [0, 0.05) is 12.6 Å². The third kappa shape index (κ3) is 6.55. The fourth-order valence-electron chi connectivity index (χ4n) is 2.90. The van der Waals surface area contributed by atoms with Crippen molar-refractivity contribution in [1.29, 1.82) is 0 Å². The number of amides is 2. The zero-order valence-corrected chi connectivity index (χ0v) is 15.8. The van der Waals surface area contributed by atoms with E-state index in [1.165, 1.54) is 6.92 Å². The van der Waals surface area contributed by atoms with Crippen LogP contribution in [0.3, 0.4) is 0 Å². The molecule has 0 heterocycles. The maximum Gasteiger partial charge on any atom is 0.475 e. The van der Waals surface area contributed by atoms with Gasteiger partial charge < -0.3 is 20.7 Å². The SMILES string of the molecule is CC(=O)Nc1ccc(CC(=O)NC(Cc2ccc(C)cc2C)B(O)O)cc1. The number of carbonyl (C=O) groups is 2. The molecule has 7 heteroatoms. The van der Waals surface area contributed by atoms with Crippen molar-refractivity contribution >= 4 is 24.6 Å². The smallest absolute Gasteiger partial charge is 0.426 e. The first-order valence-corrected chi connectivity index (χ1v) is 8.82. The van der Waals surface area contributed by atoms with E-state index in [9.17, 15) is 19.6 Å². The molecule has 6 nitrogen and oxygen atoms in total. The molecule has 0 aliphatic carbocycles. The Morgan fingerprint density at radius 1 is 1.07 bits per heavy atom. The van der Waals surface area contributed by atoms with Gasteiger partial charge in [-0.2, -0.15) is 0 Å². The largest absolute Gasteiger partial charge is 0.475 e. The van der Waals surface area contributed by atoms with E-state index in [2.05, 4.69) is 10.6 Å². The lowest BCUT2D eigenvalue weighted by Crippen LogP contribution is -2.48. The molecule has 0 saturated carbocycles. The number of carbonyl (C=O) groups excluding carboxylic acids is 2. The Kier molecular flexibility index (Phi) is 7.16. The van der Waals surface area contributed by atoms with Crippen molar-refractivity contribution in [2.24, 2.45) is 0 Å². The van der Waals surface area contributed by atoms with Gasteiger partial charge in [0.15, 0.2) is 0 Å². The van der Waals surface area contributed by atoms with E-state index in [0.717, 1.165) is 22.3 Å². The summed E-state index contributed by atoms with van der Waals surface area (Å²) in [5, 5.41) is 24.7. The molecule has 0 aliphatic heterocycles. The van der Waals surface area contributed by atoms with E-state index in [0.29, 0.717) is 12.1 Å². The van der Waals surface area contributed by atoms with Crippen LogP contribution in [0.2, 0.25) is 0 Å². The molecular formula is C20H25BN2O4. The van der Waals surface area contributed by atoms with Gasteiger partial charge in [-0.05, 0) is 49.1 Å². The molecule has 0 aromatic heterocycles. The van der Waals surface area contributed by atoms with E-state index >= 15 is 0 Å². The number of hydrogen-bond acceptors (Lipinski definition) is 4. The summed E-state index contributed by atoms with van der Waals surface area (Å²) < 4.78 is 0. The number of nitrogens with one attached hydrogen (secondary N) is 2. The van der Waals surface area contributed by atoms with Crippen molar-refractivity contribution in [2.45, 2.75) is 39.6 Å². The van der Waals surface area contributed by atoms with Crippen LogP contribution in [0.15, 0.2) is 42.5 Å². The Labute approximate surface area is 159 Å². The molecule has 0 bridgehead atoms. The van der Waals surface area contributed by atoms with Gasteiger partial charge in [0.1, 0.15) is 0 Å². The summed E-state index contributed by atoms with van der Waals surface area (Å²) >= 11 is 0. The van der Waals surface area contributed by atoms with Crippen LogP contribution in [0.1, 0.15) is 29.2 Å². The van der Waals surface area contributed by atoms with E-state index < -0.39 is 13.1 Å². The van der Waals surface area contributed by atoms with Gasteiger partial charge in [-0.1, -0.05) is 35.9 Å². The summed E-state index contributed by atoms with van der Waals surface area (Å²) in [5.41, 5.74) is 4.55. The van der Waals surface area contributed by atoms with Crippen molar-refractivity contribution in [2.75, 3.05) is 5.32 Å². The summed E-state index contributed by atoms with van der Waals surface area (Å²) in [5.74, 6) is -1.26. The zero-order valence-electron chi connectivity index (χ0n) is 15.8. The van der Waals surface area contributed by atoms with Crippen molar-refractivity contribution in [3.8, 4) is 0 Å². The predicted octanol–water partition coefficient (Wildman–Crippen LogP) is 1.54. The second kappa shape index (κ2) is 9.34.